The molecular weight excluding hydrogens is 356 g/mol. The Bertz CT molecular complexity index is 671. The molecule has 0 aliphatic rings. The van der Waals surface area contributed by atoms with Crippen molar-refractivity contribution in [2.75, 3.05) is 13.7 Å². The molecule has 110 valence electrons. The molecule has 0 amide bonds. The zero-order valence-electron chi connectivity index (χ0n) is 11.7. The van der Waals surface area contributed by atoms with Gasteiger partial charge in [0, 0.05) is 15.1 Å². The molecule has 0 atom stereocenters. The Morgan fingerprint density at radius 3 is 2.57 bits per heavy atom. The molecule has 0 spiro atoms. The molecule has 0 radical (unpaired) electrons. The summed E-state index contributed by atoms with van der Waals surface area (Å²) in [5.74, 6) is 1.04. The van der Waals surface area contributed by atoms with Gasteiger partial charge in [-0.1, -0.05) is 11.6 Å². The predicted octanol–water partition coefficient (Wildman–Crippen LogP) is 4.74. The maximum absolute atomic E-state index is 12.7. The molecule has 0 fully saturated rings. The topological polar surface area (TPSA) is 35.5 Å². The van der Waals surface area contributed by atoms with Crippen molar-refractivity contribution in [3.63, 3.8) is 0 Å². The molecule has 3 nitrogen and oxygen atoms in total. The van der Waals surface area contributed by atoms with Crippen molar-refractivity contribution in [3.8, 4) is 11.5 Å². The zero-order valence-corrected chi connectivity index (χ0v) is 14.0. The van der Waals surface area contributed by atoms with Crippen molar-refractivity contribution >= 4 is 33.3 Å². The fourth-order valence-electron chi connectivity index (χ4n) is 1.94. The van der Waals surface area contributed by atoms with Gasteiger partial charge in [-0.25, -0.2) is 0 Å². The second kappa shape index (κ2) is 6.96. The molecule has 0 heterocycles. The number of hydrogen-bond donors (Lipinski definition) is 0. The van der Waals surface area contributed by atoms with Gasteiger partial charge in [-0.2, -0.15) is 0 Å². The van der Waals surface area contributed by atoms with Gasteiger partial charge < -0.3 is 9.47 Å². The first-order valence-electron chi connectivity index (χ1n) is 6.37. The number of rotatable bonds is 5. The van der Waals surface area contributed by atoms with E-state index in [1.165, 1.54) is 7.11 Å². The zero-order chi connectivity index (χ0) is 15.4. The van der Waals surface area contributed by atoms with E-state index in [1.54, 1.807) is 36.4 Å². The van der Waals surface area contributed by atoms with Crippen LogP contribution >= 0.6 is 27.5 Å². The van der Waals surface area contributed by atoms with Gasteiger partial charge in [0.2, 0.25) is 0 Å². The second-order valence-corrected chi connectivity index (χ2v) is 5.54. The highest BCUT2D eigenvalue weighted by atomic mass is 79.9. The van der Waals surface area contributed by atoms with E-state index in [4.69, 9.17) is 21.1 Å². The van der Waals surface area contributed by atoms with Crippen molar-refractivity contribution in [1.82, 2.24) is 0 Å². The van der Waals surface area contributed by atoms with Crippen molar-refractivity contribution in [2.24, 2.45) is 0 Å². The molecule has 2 rings (SSSR count). The van der Waals surface area contributed by atoms with Crippen LogP contribution in [-0.4, -0.2) is 19.5 Å². The Hall–Kier alpha value is -1.52. The second-order valence-electron chi connectivity index (χ2n) is 4.25. The Balaban J connectivity index is 2.43. The van der Waals surface area contributed by atoms with Crippen molar-refractivity contribution in [2.45, 2.75) is 6.92 Å². The van der Waals surface area contributed by atoms with Gasteiger partial charge in [0.1, 0.15) is 11.5 Å². The monoisotopic (exact) mass is 368 g/mol. The summed E-state index contributed by atoms with van der Waals surface area (Å²) in [7, 11) is 1.52. The van der Waals surface area contributed by atoms with Crippen molar-refractivity contribution in [3.05, 3.63) is 57.0 Å². The van der Waals surface area contributed by atoms with E-state index < -0.39 is 0 Å². The van der Waals surface area contributed by atoms with E-state index >= 15 is 0 Å². The van der Waals surface area contributed by atoms with E-state index in [0.717, 1.165) is 0 Å². The smallest absolute Gasteiger partial charge is 0.197 e. The lowest BCUT2D eigenvalue weighted by molar-refractivity contribution is 0.103. The number of ether oxygens (including phenoxy) is 2. The molecule has 2 aromatic carbocycles. The summed E-state index contributed by atoms with van der Waals surface area (Å²) in [5, 5.41) is 0.487. The molecular formula is C16H14BrClO3. The van der Waals surface area contributed by atoms with E-state index in [9.17, 15) is 4.79 Å². The largest absolute Gasteiger partial charge is 0.496 e. The van der Waals surface area contributed by atoms with Gasteiger partial charge in [0.05, 0.1) is 19.3 Å². The first-order chi connectivity index (χ1) is 10.1. The average molecular weight is 370 g/mol. The van der Waals surface area contributed by atoms with Crippen LogP contribution in [0.25, 0.3) is 0 Å². The van der Waals surface area contributed by atoms with E-state index in [2.05, 4.69) is 15.9 Å². The van der Waals surface area contributed by atoms with Crippen LogP contribution < -0.4 is 9.47 Å². The SMILES string of the molecule is CCOc1ccc(C(=O)c2cc(Cl)ccc2OC)c(Br)c1. The minimum Gasteiger partial charge on any atom is -0.496 e. The first kappa shape index (κ1) is 15.9. The average Bonchev–Trinajstić information content (AvgIpc) is 2.47. The molecule has 2 aromatic rings. The van der Waals surface area contributed by atoms with Crippen molar-refractivity contribution in [1.29, 1.82) is 0 Å². The van der Waals surface area contributed by atoms with Crippen LogP contribution in [0.5, 0.6) is 11.5 Å². The molecule has 0 saturated carbocycles. The van der Waals surface area contributed by atoms with E-state index in [0.29, 0.717) is 38.7 Å². The highest BCUT2D eigenvalue weighted by molar-refractivity contribution is 9.10. The van der Waals surface area contributed by atoms with Crippen LogP contribution in [0.1, 0.15) is 22.8 Å². The van der Waals surface area contributed by atoms with E-state index in [-0.39, 0.29) is 5.78 Å². The fourth-order valence-corrected chi connectivity index (χ4v) is 2.65. The van der Waals surface area contributed by atoms with Crippen LogP contribution in [-0.2, 0) is 0 Å². The molecule has 0 saturated heterocycles. The molecule has 0 aromatic heterocycles. The first-order valence-corrected chi connectivity index (χ1v) is 7.54. The normalized spacial score (nSPS) is 10.3. The number of carbonyl (C=O) groups excluding carboxylic acids is 1. The standard InChI is InChI=1S/C16H14BrClO3/c1-3-21-11-5-6-12(14(17)9-11)16(19)13-8-10(18)4-7-15(13)20-2/h4-9H,3H2,1-2H3. The van der Waals surface area contributed by atoms with Crippen LogP contribution in [0, 0.1) is 0 Å². The van der Waals surface area contributed by atoms with Gasteiger partial charge in [-0.05, 0) is 59.3 Å². The summed E-state index contributed by atoms with van der Waals surface area (Å²) in [6, 6.07) is 10.2. The lowest BCUT2D eigenvalue weighted by Crippen LogP contribution is -2.05. The van der Waals surface area contributed by atoms with Gasteiger partial charge in [0.25, 0.3) is 0 Å². The molecule has 0 aliphatic carbocycles. The maximum Gasteiger partial charge on any atom is 0.197 e. The molecule has 5 heteroatoms. The summed E-state index contributed by atoms with van der Waals surface area (Å²) in [6.07, 6.45) is 0. The minimum atomic E-state index is -0.163. The summed E-state index contributed by atoms with van der Waals surface area (Å²) < 4.78 is 11.3. The number of benzene rings is 2. The molecule has 0 unspecified atom stereocenters. The highest BCUT2D eigenvalue weighted by Crippen LogP contribution is 2.30. The molecule has 21 heavy (non-hydrogen) atoms. The number of halogens is 2. The Kier molecular flexibility index (Phi) is 5.26. The van der Waals surface area contributed by atoms with Gasteiger partial charge >= 0.3 is 0 Å². The third-order valence-electron chi connectivity index (χ3n) is 2.90. The Morgan fingerprint density at radius 2 is 1.95 bits per heavy atom. The van der Waals surface area contributed by atoms with Crippen LogP contribution in [0.2, 0.25) is 5.02 Å². The Labute approximate surface area is 137 Å². The summed E-state index contributed by atoms with van der Waals surface area (Å²) >= 11 is 9.38. The summed E-state index contributed by atoms with van der Waals surface area (Å²) in [4.78, 5) is 12.7. The fraction of sp³-hybridized carbons (Fsp3) is 0.188. The summed E-state index contributed by atoms with van der Waals surface area (Å²) in [5.41, 5.74) is 0.953. The van der Waals surface area contributed by atoms with Gasteiger partial charge in [0.15, 0.2) is 5.78 Å². The van der Waals surface area contributed by atoms with Gasteiger partial charge in [-0.3, -0.25) is 4.79 Å². The lowest BCUT2D eigenvalue weighted by Gasteiger charge is -2.10. The summed E-state index contributed by atoms with van der Waals surface area (Å²) in [6.45, 7) is 2.48. The highest BCUT2D eigenvalue weighted by Gasteiger charge is 2.18. The number of hydrogen-bond acceptors (Lipinski definition) is 3. The van der Waals surface area contributed by atoms with Crippen LogP contribution in [0.4, 0.5) is 0 Å². The maximum atomic E-state index is 12.7. The lowest BCUT2D eigenvalue weighted by atomic mass is 10.0. The quantitative estimate of drug-likeness (QED) is 0.714. The Morgan fingerprint density at radius 1 is 1.19 bits per heavy atom. The van der Waals surface area contributed by atoms with E-state index in [1.807, 2.05) is 6.92 Å². The number of carbonyl (C=O) groups is 1. The third-order valence-corrected chi connectivity index (χ3v) is 3.79. The van der Waals surface area contributed by atoms with Gasteiger partial charge in [-0.15, -0.1) is 0 Å². The molecule has 0 bridgehead atoms. The molecule has 0 N–H and O–H groups in total. The van der Waals surface area contributed by atoms with Crippen LogP contribution in [0.3, 0.4) is 0 Å². The van der Waals surface area contributed by atoms with Crippen molar-refractivity contribution < 1.29 is 14.3 Å². The van der Waals surface area contributed by atoms with Crippen LogP contribution in [0.15, 0.2) is 40.9 Å². The minimum absolute atomic E-state index is 0.163. The predicted molar refractivity (Wildman–Crippen MR) is 86.7 cm³/mol. The molecule has 0 aliphatic heterocycles. The number of ketones is 1. The number of methoxy groups -OCH3 is 1. The third kappa shape index (κ3) is 3.57.